The Morgan fingerprint density at radius 1 is 1.10 bits per heavy atom. The minimum atomic E-state index is -1.34. The van der Waals surface area contributed by atoms with Crippen molar-refractivity contribution in [3.63, 3.8) is 0 Å². The van der Waals surface area contributed by atoms with Crippen molar-refractivity contribution in [2.24, 2.45) is 0 Å². The van der Waals surface area contributed by atoms with Gasteiger partial charge in [-0.05, 0) is 29.2 Å². The van der Waals surface area contributed by atoms with Gasteiger partial charge in [-0.1, -0.05) is 63.8 Å². The van der Waals surface area contributed by atoms with Crippen LogP contribution in [0.4, 0.5) is 0 Å². The molecule has 0 aliphatic rings. The predicted octanol–water partition coefficient (Wildman–Crippen LogP) is 4.81. The molecule has 1 heterocycles. The van der Waals surface area contributed by atoms with Gasteiger partial charge in [-0.15, -0.1) is 0 Å². The summed E-state index contributed by atoms with van der Waals surface area (Å²) in [7, 11) is -1.34. The lowest BCUT2D eigenvalue weighted by atomic mass is 9.97. The highest BCUT2D eigenvalue weighted by molar-refractivity contribution is 6.89. The summed E-state index contributed by atoms with van der Waals surface area (Å²) >= 11 is 0. The molecule has 106 valence electrons. The first-order valence-corrected chi connectivity index (χ1v) is 11.0. The maximum atomic E-state index is 4.73. The zero-order valence-electron chi connectivity index (χ0n) is 13.3. The number of nitrogens with zero attached hydrogens (tertiary/aromatic N) is 1. The van der Waals surface area contributed by atoms with Crippen molar-refractivity contribution in [1.82, 2.24) is 4.98 Å². The van der Waals surface area contributed by atoms with Gasteiger partial charge in [-0.25, -0.2) is 0 Å². The van der Waals surface area contributed by atoms with Gasteiger partial charge in [0.05, 0.1) is 13.8 Å². The summed E-state index contributed by atoms with van der Waals surface area (Å²) in [5.41, 5.74) is 3.81. The van der Waals surface area contributed by atoms with Crippen LogP contribution in [0.3, 0.4) is 0 Å². The predicted molar refractivity (Wildman–Crippen MR) is 91.4 cm³/mol. The molecule has 0 saturated carbocycles. The van der Waals surface area contributed by atoms with E-state index in [9.17, 15) is 0 Å². The van der Waals surface area contributed by atoms with E-state index >= 15 is 0 Å². The molecule has 1 aromatic carbocycles. The van der Waals surface area contributed by atoms with Gasteiger partial charge in [0.15, 0.2) is 0 Å². The molecule has 0 fully saturated rings. The maximum Gasteiger partial charge on any atom is 0.0799 e. The van der Waals surface area contributed by atoms with E-state index in [4.69, 9.17) is 4.98 Å². The van der Waals surface area contributed by atoms with Crippen LogP contribution in [0, 0.1) is 0 Å². The van der Waals surface area contributed by atoms with Crippen molar-refractivity contribution < 1.29 is 0 Å². The van der Waals surface area contributed by atoms with Gasteiger partial charge < -0.3 is 0 Å². The van der Waals surface area contributed by atoms with Crippen LogP contribution in [-0.2, 0) is 0 Å². The Balaban J connectivity index is 2.55. The average Bonchev–Trinajstić information content (AvgIpc) is 2.45. The van der Waals surface area contributed by atoms with Crippen LogP contribution in [0.1, 0.15) is 31.7 Å². The smallest absolute Gasteiger partial charge is 0.0799 e. The summed E-state index contributed by atoms with van der Waals surface area (Å²) in [4.78, 5) is 4.73. The molecule has 2 heteroatoms. The third-order valence-corrected chi connectivity index (χ3v) is 5.99. The second-order valence-corrected chi connectivity index (χ2v) is 11.6. The third kappa shape index (κ3) is 3.18. The first kappa shape index (κ1) is 15.0. The lowest BCUT2D eigenvalue weighted by Gasteiger charge is -2.24. The largest absolute Gasteiger partial charge is 0.256 e. The quantitative estimate of drug-likeness (QED) is 0.734. The number of pyridine rings is 1. The minimum Gasteiger partial charge on any atom is -0.256 e. The molecule has 0 radical (unpaired) electrons. The van der Waals surface area contributed by atoms with Gasteiger partial charge in [0.2, 0.25) is 0 Å². The lowest BCUT2D eigenvalue weighted by Crippen LogP contribution is -2.41. The molecule has 0 aliphatic heterocycles. The molecule has 0 amide bonds. The number of hydrogen-bond donors (Lipinski definition) is 0. The van der Waals surface area contributed by atoms with Gasteiger partial charge in [0, 0.05) is 11.8 Å². The van der Waals surface area contributed by atoms with E-state index in [-0.39, 0.29) is 0 Å². The molecule has 0 spiro atoms. The van der Waals surface area contributed by atoms with Gasteiger partial charge in [-0.3, -0.25) is 4.98 Å². The van der Waals surface area contributed by atoms with Crippen LogP contribution in [0.2, 0.25) is 19.6 Å². The van der Waals surface area contributed by atoms with Crippen LogP contribution >= 0.6 is 0 Å². The zero-order chi connectivity index (χ0) is 14.8. The summed E-state index contributed by atoms with van der Waals surface area (Å²) < 4.78 is 0. The van der Waals surface area contributed by atoms with Crippen molar-refractivity contribution in [3.05, 3.63) is 48.2 Å². The van der Waals surface area contributed by atoms with Crippen molar-refractivity contribution in [2.45, 2.75) is 45.8 Å². The maximum absolute atomic E-state index is 4.73. The van der Waals surface area contributed by atoms with Gasteiger partial charge >= 0.3 is 0 Å². The summed E-state index contributed by atoms with van der Waals surface area (Å²) in [5, 5.41) is 1.51. The van der Waals surface area contributed by atoms with E-state index in [0.29, 0.717) is 5.92 Å². The first-order valence-electron chi connectivity index (χ1n) is 7.49. The van der Waals surface area contributed by atoms with E-state index in [0.717, 1.165) is 5.69 Å². The second-order valence-electron chi connectivity index (χ2n) is 6.58. The molecule has 0 saturated heterocycles. The van der Waals surface area contributed by atoms with Gasteiger partial charge in [-0.2, -0.15) is 0 Å². The lowest BCUT2D eigenvalue weighted by molar-refractivity contribution is 0.736. The number of aromatic nitrogens is 1. The van der Waals surface area contributed by atoms with E-state index in [1.54, 1.807) is 0 Å². The Hall–Kier alpha value is -1.41. The van der Waals surface area contributed by atoms with Crippen LogP contribution in [-0.4, -0.2) is 13.1 Å². The standard InChI is InChI=1S/C18H25NSi/c1-6-14(2)16-12-17(15-10-8-7-9-11-15)19-13-18(16)20(3,4)5/h7-14H,6H2,1-5H3. The molecule has 2 aromatic rings. The van der Waals surface area contributed by atoms with Crippen molar-refractivity contribution >= 4 is 13.3 Å². The summed E-state index contributed by atoms with van der Waals surface area (Å²) in [6.07, 6.45) is 3.31. The molecule has 2 rings (SSSR count). The third-order valence-electron chi connectivity index (χ3n) is 3.96. The molecule has 1 atom stereocenters. The molecule has 0 N–H and O–H groups in total. The Morgan fingerprint density at radius 2 is 1.75 bits per heavy atom. The summed E-state index contributed by atoms with van der Waals surface area (Å²) in [5.74, 6) is 0.599. The fourth-order valence-electron chi connectivity index (χ4n) is 2.49. The van der Waals surface area contributed by atoms with Crippen molar-refractivity contribution in [2.75, 3.05) is 0 Å². The molecule has 1 unspecified atom stereocenters. The Morgan fingerprint density at radius 3 is 2.30 bits per heavy atom. The van der Waals surface area contributed by atoms with E-state index < -0.39 is 8.07 Å². The zero-order valence-corrected chi connectivity index (χ0v) is 14.3. The van der Waals surface area contributed by atoms with Crippen LogP contribution in [0.15, 0.2) is 42.6 Å². The normalized spacial score (nSPS) is 13.2. The highest BCUT2D eigenvalue weighted by atomic mass is 28.3. The molecular formula is C18H25NSi. The Kier molecular flexibility index (Phi) is 4.44. The molecule has 0 bridgehead atoms. The monoisotopic (exact) mass is 283 g/mol. The van der Waals surface area contributed by atoms with Crippen LogP contribution in [0.5, 0.6) is 0 Å². The average molecular weight is 283 g/mol. The summed E-state index contributed by atoms with van der Waals surface area (Å²) in [6.45, 7) is 11.8. The molecule has 1 nitrogen and oxygen atoms in total. The SMILES string of the molecule is CCC(C)c1cc(-c2ccccc2)ncc1[Si](C)(C)C. The summed E-state index contributed by atoms with van der Waals surface area (Å²) in [6, 6.07) is 12.8. The van der Waals surface area contributed by atoms with Crippen molar-refractivity contribution in [1.29, 1.82) is 0 Å². The highest BCUT2D eigenvalue weighted by Crippen LogP contribution is 2.24. The van der Waals surface area contributed by atoms with Crippen molar-refractivity contribution in [3.8, 4) is 11.3 Å². The first-order chi connectivity index (χ1) is 9.43. The van der Waals surface area contributed by atoms with Gasteiger partial charge in [0.1, 0.15) is 0 Å². The highest BCUT2D eigenvalue weighted by Gasteiger charge is 2.23. The Labute approximate surface area is 124 Å². The topological polar surface area (TPSA) is 12.9 Å². The van der Waals surface area contributed by atoms with Crippen LogP contribution in [0.25, 0.3) is 11.3 Å². The number of rotatable bonds is 4. The fraction of sp³-hybridized carbons (Fsp3) is 0.389. The fourth-order valence-corrected chi connectivity index (χ4v) is 4.13. The van der Waals surface area contributed by atoms with E-state index in [1.165, 1.54) is 22.7 Å². The number of hydrogen-bond acceptors (Lipinski definition) is 1. The molecule has 20 heavy (non-hydrogen) atoms. The number of benzene rings is 1. The van der Waals surface area contributed by atoms with Gasteiger partial charge in [0.25, 0.3) is 0 Å². The van der Waals surface area contributed by atoms with E-state index in [2.05, 4.69) is 76.1 Å². The molecule has 0 aliphatic carbocycles. The minimum absolute atomic E-state index is 0.599. The Bertz CT molecular complexity index is 570. The second kappa shape index (κ2) is 5.92. The molecular weight excluding hydrogens is 258 g/mol. The van der Waals surface area contributed by atoms with E-state index in [1.807, 2.05) is 0 Å². The molecule has 1 aromatic heterocycles. The van der Waals surface area contributed by atoms with Crippen LogP contribution < -0.4 is 5.19 Å².